The third-order valence-electron chi connectivity index (χ3n) is 4.94. The van der Waals surface area contributed by atoms with E-state index in [0.29, 0.717) is 30.1 Å². The van der Waals surface area contributed by atoms with Gasteiger partial charge in [-0.3, -0.25) is 9.59 Å². The number of amides is 2. The van der Waals surface area contributed by atoms with Crippen LogP contribution in [-0.4, -0.2) is 47.1 Å². The number of benzene rings is 1. The summed E-state index contributed by atoms with van der Waals surface area (Å²) in [5, 5.41) is 13.1. The van der Waals surface area contributed by atoms with E-state index >= 15 is 0 Å². The molecule has 0 atom stereocenters. The zero-order valence-electron chi connectivity index (χ0n) is 15.3. The molecule has 2 amide bonds. The van der Waals surface area contributed by atoms with Gasteiger partial charge >= 0.3 is 0 Å². The highest BCUT2D eigenvalue weighted by Gasteiger charge is 2.26. The Bertz CT molecular complexity index is 820. The van der Waals surface area contributed by atoms with Gasteiger partial charge in [0.25, 0.3) is 5.91 Å². The molecule has 1 saturated heterocycles. The molecular weight excluding hydrogens is 346 g/mol. The summed E-state index contributed by atoms with van der Waals surface area (Å²) < 4.78 is 5.05. The maximum absolute atomic E-state index is 12.7. The summed E-state index contributed by atoms with van der Waals surface area (Å²) in [5.41, 5.74) is 2.15. The van der Waals surface area contributed by atoms with Gasteiger partial charge in [-0.25, -0.2) is 0 Å². The van der Waals surface area contributed by atoms with Gasteiger partial charge in [0.1, 0.15) is 6.61 Å². The van der Waals surface area contributed by atoms with Crippen molar-refractivity contribution in [2.45, 2.75) is 25.4 Å². The molecule has 7 nitrogen and oxygen atoms in total. The van der Waals surface area contributed by atoms with E-state index in [1.165, 1.54) is 11.0 Å². The van der Waals surface area contributed by atoms with E-state index in [2.05, 4.69) is 11.7 Å². The Hall–Kier alpha value is -2.93. The third kappa shape index (κ3) is 4.09. The fourth-order valence-electron chi connectivity index (χ4n) is 3.25. The van der Waals surface area contributed by atoms with E-state index < -0.39 is 0 Å². The van der Waals surface area contributed by atoms with Crippen LogP contribution in [0.5, 0.6) is 0 Å². The highest BCUT2D eigenvalue weighted by atomic mass is 16.5. The molecule has 2 heterocycles. The topological polar surface area (TPSA) is 86.9 Å². The van der Waals surface area contributed by atoms with E-state index in [1.54, 1.807) is 37.4 Å². The normalized spacial score (nSPS) is 14.8. The molecular formula is C20H23N3O4. The summed E-state index contributed by atoms with van der Waals surface area (Å²) in [6.07, 6.45) is 2.86. The maximum atomic E-state index is 12.7. The zero-order valence-corrected chi connectivity index (χ0v) is 15.3. The van der Waals surface area contributed by atoms with Crippen molar-refractivity contribution in [3.8, 4) is 0 Å². The number of hydrogen-bond acceptors (Lipinski definition) is 5. The molecule has 1 N–H and O–H groups in total. The van der Waals surface area contributed by atoms with Crippen LogP contribution in [0, 0.1) is 0 Å². The van der Waals surface area contributed by atoms with Gasteiger partial charge in [0.15, 0.2) is 5.76 Å². The summed E-state index contributed by atoms with van der Waals surface area (Å²) >= 11 is 0. The lowest BCUT2D eigenvalue weighted by atomic mass is 9.93. The molecule has 0 unspecified atom stereocenters. The Labute approximate surface area is 157 Å². The van der Waals surface area contributed by atoms with Crippen molar-refractivity contribution in [2.75, 3.05) is 25.0 Å². The van der Waals surface area contributed by atoms with Crippen molar-refractivity contribution in [2.24, 2.45) is 0 Å². The number of aromatic nitrogens is 1. The molecule has 3 rings (SSSR count). The lowest BCUT2D eigenvalue weighted by Crippen LogP contribution is -2.38. The fraction of sp³-hybridized carbons (Fsp3) is 0.350. The van der Waals surface area contributed by atoms with Crippen molar-refractivity contribution in [1.82, 2.24) is 10.1 Å². The van der Waals surface area contributed by atoms with Crippen molar-refractivity contribution in [3.63, 3.8) is 0 Å². The molecule has 2 aromatic rings. The minimum absolute atomic E-state index is 0.0195. The van der Waals surface area contributed by atoms with Crippen LogP contribution in [0.1, 0.15) is 40.6 Å². The molecule has 1 aromatic carbocycles. The lowest BCUT2D eigenvalue weighted by molar-refractivity contribution is -0.113. The largest absolute Gasteiger partial charge is 0.388 e. The lowest BCUT2D eigenvalue weighted by Gasteiger charge is -2.31. The monoisotopic (exact) mass is 369 g/mol. The number of likely N-dealkylation sites (N-methyl/N-ethyl adjacent to an activating group) is 1. The number of carbonyl (C=O) groups excluding carboxylic acids is 2. The number of hydrogen-bond donors (Lipinski definition) is 1. The molecule has 0 radical (unpaired) electrons. The Kier molecular flexibility index (Phi) is 5.71. The minimum Gasteiger partial charge on any atom is -0.388 e. The van der Waals surface area contributed by atoms with Gasteiger partial charge in [0, 0.05) is 43.4 Å². The van der Waals surface area contributed by atoms with Crippen molar-refractivity contribution in [3.05, 3.63) is 60.0 Å². The minimum atomic E-state index is -0.201. The molecule has 7 heteroatoms. The SMILES string of the molecule is C=CC(=O)N(C)c1ccc(C(=O)N2CCC(c3cc(CO)on3)CC2)cc1. The second kappa shape index (κ2) is 8.18. The van der Waals surface area contributed by atoms with Crippen LogP contribution < -0.4 is 4.90 Å². The Morgan fingerprint density at radius 1 is 1.33 bits per heavy atom. The molecule has 1 aliphatic heterocycles. The molecule has 1 aromatic heterocycles. The van der Waals surface area contributed by atoms with Gasteiger partial charge in [0.05, 0.1) is 5.69 Å². The molecule has 142 valence electrons. The van der Waals surface area contributed by atoms with Crippen LogP contribution >= 0.6 is 0 Å². The molecule has 0 bridgehead atoms. The summed E-state index contributed by atoms with van der Waals surface area (Å²) in [7, 11) is 1.66. The van der Waals surface area contributed by atoms with Crippen molar-refractivity contribution in [1.29, 1.82) is 0 Å². The van der Waals surface area contributed by atoms with E-state index in [-0.39, 0.29) is 24.3 Å². The van der Waals surface area contributed by atoms with Gasteiger partial charge in [-0.1, -0.05) is 11.7 Å². The molecule has 1 fully saturated rings. The molecule has 0 aliphatic carbocycles. The first-order chi connectivity index (χ1) is 13.0. The third-order valence-corrected chi connectivity index (χ3v) is 4.94. The standard InChI is InChI=1S/C20H23N3O4/c1-3-19(25)22(2)16-6-4-15(5-7-16)20(26)23-10-8-14(9-11-23)18-12-17(13-24)27-21-18/h3-7,12,14,24H,1,8-11,13H2,2H3. The molecule has 1 aliphatic rings. The van der Waals surface area contributed by atoms with E-state index in [4.69, 9.17) is 9.63 Å². The first kappa shape index (κ1) is 18.8. The van der Waals surface area contributed by atoms with Gasteiger partial charge < -0.3 is 19.4 Å². The van der Waals surface area contributed by atoms with Crippen LogP contribution in [0.15, 0.2) is 47.5 Å². The molecule has 0 spiro atoms. The Balaban J connectivity index is 1.60. The highest BCUT2D eigenvalue weighted by Crippen LogP contribution is 2.28. The van der Waals surface area contributed by atoms with Crippen LogP contribution in [0.2, 0.25) is 0 Å². The first-order valence-corrected chi connectivity index (χ1v) is 8.89. The number of carbonyl (C=O) groups is 2. The average molecular weight is 369 g/mol. The summed E-state index contributed by atoms with van der Waals surface area (Å²) in [6.45, 7) is 4.60. The fourth-order valence-corrected chi connectivity index (χ4v) is 3.25. The first-order valence-electron chi connectivity index (χ1n) is 8.89. The highest BCUT2D eigenvalue weighted by molar-refractivity contribution is 6.01. The van der Waals surface area contributed by atoms with Gasteiger partial charge in [-0.2, -0.15) is 0 Å². The maximum Gasteiger partial charge on any atom is 0.253 e. The van der Waals surface area contributed by atoms with Gasteiger partial charge in [-0.15, -0.1) is 0 Å². The van der Waals surface area contributed by atoms with Crippen molar-refractivity contribution >= 4 is 17.5 Å². The quantitative estimate of drug-likeness (QED) is 0.818. The van der Waals surface area contributed by atoms with Gasteiger partial charge in [-0.05, 0) is 43.2 Å². The van der Waals surface area contributed by atoms with Crippen LogP contribution in [0.3, 0.4) is 0 Å². The van der Waals surface area contributed by atoms with Gasteiger partial charge in [0.2, 0.25) is 5.91 Å². The summed E-state index contributed by atoms with van der Waals surface area (Å²) in [5.74, 6) is 0.477. The Morgan fingerprint density at radius 2 is 2.00 bits per heavy atom. The van der Waals surface area contributed by atoms with Crippen LogP contribution in [-0.2, 0) is 11.4 Å². The van der Waals surface area contributed by atoms with E-state index in [0.717, 1.165) is 18.5 Å². The smallest absolute Gasteiger partial charge is 0.253 e. The number of rotatable bonds is 5. The molecule has 0 saturated carbocycles. The number of aliphatic hydroxyl groups is 1. The Morgan fingerprint density at radius 3 is 2.56 bits per heavy atom. The van der Waals surface area contributed by atoms with Crippen LogP contribution in [0.4, 0.5) is 5.69 Å². The van der Waals surface area contributed by atoms with Crippen molar-refractivity contribution < 1.29 is 19.2 Å². The average Bonchev–Trinajstić information content (AvgIpc) is 3.21. The number of likely N-dealkylation sites (tertiary alicyclic amines) is 1. The van der Waals surface area contributed by atoms with E-state index in [1.807, 2.05) is 4.90 Å². The zero-order chi connectivity index (χ0) is 19.4. The second-order valence-corrected chi connectivity index (χ2v) is 6.59. The number of piperidine rings is 1. The number of anilines is 1. The predicted molar refractivity (Wildman–Crippen MR) is 100 cm³/mol. The number of nitrogens with zero attached hydrogens (tertiary/aromatic N) is 3. The predicted octanol–water partition coefficient (Wildman–Crippen LogP) is 2.34. The summed E-state index contributed by atoms with van der Waals surface area (Å²) in [4.78, 5) is 27.7. The molecule has 27 heavy (non-hydrogen) atoms. The number of aliphatic hydroxyl groups excluding tert-OH is 1. The second-order valence-electron chi connectivity index (χ2n) is 6.59. The summed E-state index contributed by atoms with van der Waals surface area (Å²) in [6, 6.07) is 8.77. The van der Waals surface area contributed by atoms with E-state index in [9.17, 15) is 9.59 Å². The van der Waals surface area contributed by atoms with Crippen LogP contribution in [0.25, 0.3) is 0 Å².